The maximum absolute atomic E-state index is 12.5. The molecule has 0 radical (unpaired) electrons. The van der Waals surface area contributed by atoms with Crippen molar-refractivity contribution in [2.24, 2.45) is 0 Å². The number of carbonyl (C=O) groups is 1. The van der Waals surface area contributed by atoms with Crippen molar-refractivity contribution in [3.05, 3.63) is 64.7 Å². The van der Waals surface area contributed by atoms with E-state index in [9.17, 15) is 4.79 Å². The lowest BCUT2D eigenvalue weighted by Gasteiger charge is -2.26. The van der Waals surface area contributed by atoms with Crippen molar-refractivity contribution < 1.29 is 9.53 Å². The molecule has 0 heterocycles. The first-order chi connectivity index (χ1) is 11.0. The molecular weight excluding hydrogens is 296 g/mol. The number of benzene rings is 2. The van der Waals surface area contributed by atoms with Gasteiger partial charge in [-0.3, -0.25) is 0 Å². The minimum absolute atomic E-state index is 0.0546. The van der Waals surface area contributed by atoms with E-state index in [4.69, 9.17) is 4.74 Å². The SMILES string of the molecule is Cc1cccc(C(=O)Oc2ccc(C(C)(C)C)cc2C(C)(C)C)c1. The molecule has 2 rings (SSSR count). The fraction of sp³-hybridized carbons (Fsp3) is 0.409. The Kier molecular flexibility index (Phi) is 4.89. The minimum atomic E-state index is -0.312. The van der Waals surface area contributed by atoms with Crippen LogP contribution in [0.5, 0.6) is 5.75 Å². The molecule has 24 heavy (non-hydrogen) atoms. The summed E-state index contributed by atoms with van der Waals surface area (Å²) in [6, 6.07) is 13.6. The second-order valence-electron chi connectivity index (χ2n) is 8.47. The summed E-state index contributed by atoms with van der Waals surface area (Å²) in [6.07, 6.45) is 0. The zero-order chi connectivity index (χ0) is 18.1. The zero-order valence-electron chi connectivity index (χ0n) is 15.9. The molecule has 2 heteroatoms. The molecule has 2 aromatic carbocycles. The lowest BCUT2D eigenvalue weighted by Crippen LogP contribution is -2.19. The molecule has 0 aliphatic carbocycles. The second kappa shape index (κ2) is 6.43. The molecular formula is C22H28O2. The van der Waals surface area contributed by atoms with Crippen LogP contribution in [0.3, 0.4) is 0 Å². The highest BCUT2D eigenvalue weighted by atomic mass is 16.5. The highest BCUT2D eigenvalue weighted by Gasteiger charge is 2.24. The predicted molar refractivity (Wildman–Crippen MR) is 100.0 cm³/mol. The molecule has 2 nitrogen and oxygen atoms in total. The van der Waals surface area contributed by atoms with Gasteiger partial charge >= 0.3 is 5.97 Å². The monoisotopic (exact) mass is 324 g/mol. The Morgan fingerprint density at radius 2 is 1.54 bits per heavy atom. The third-order valence-electron chi connectivity index (χ3n) is 4.11. The molecule has 0 amide bonds. The molecule has 128 valence electrons. The molecule has 0 aliphatic heterocycles. The van der Waals surface area contributed by atoms with Gasteiger partial charge in [0.25, 0.3) is 0 Å². The Labute approximate surface area is 145 Å². The van der Waals surface area contributed by atoms with Gasteiger partial charge in [0.1, 0.15) is 5.75 Å². The Morgan fingerprint density at radius 3 is 2.08 bits per heavy atom. The average molecular weight is 324 g/mol. The normalized spacial score (nSPS) is 12.1. The first-order valence-electron chi connectivity index (χ1n) is 8.42. The van der Waals surface area contributed by atoms with Gasteiger partial charge in [-0.25, -0.2) is 4.79 Å². The van der Waals surface area contributed by atoms with Crippen molar-refractivity contribution in [3.63, 3.8) is 0 Å². The fourth-order valence-corrected chi connectivity index (χ4v) is 2.60. The molecule has 0 saturated heterocycles. The summed E-state index contributed by atoms with van der Waals surface area (Å²) in [5, 5.41) is 0. The molecule has 0 spiro atoms. The number of hydrogen-bond acceptors (Lipinski definition) is 2. The molecule has 0 aliphatic rings. The van der Waals surface area contributed by atoms with Crippen LogP contribution in [0.25, 0.3) is 0 Å². The Hall–Kier alpha value is -2.09. The second-order valence-corrected chi connectivity index (χ2v) is 8.47. The fourth-order valence-electron chi connectivity index (χ4n) is 2.60. The van der Waals surface area contributed by atoms with Crippen LogP contribution in [-0.4, -0.2) is 5.97 Å². The molecule has 0 saturated carbocycles. The van der Waals surface area contributed by atoms with Gasteiger partial charge in [-0.05, 0) is 41.5 Å². The van der Waals surface area contributed by atoms with Crippen molar-refractivity contribution in [2.45, 2.75) is 59.3 Å². The summed E-state index contributed by atoms with van der Waals surface area (Å²) < 4.78 is 5.74. The Bertz CT molecular complexity index is 743. The van der Waals surface area contributed by atoms with Crippen molar-refractivity contribution in [2.75, 3.05) is 0 Å². The van der Waals surface area contributed by atoms with E-state index in [-0.39, 0.29) is 16.8 Å². The molecule has 0 atom stereocenters. The summed E-state index contributed by atoms with van der Waals surface area (Å²) in [5.41, 5.74) is 3.86. The van der Waals surface area contributed by atoms with E-state index in [1.54, 1.807) is 6.07 Å². The molecule has 0 bridgehead atoms. The van der Waals surface area contributed by atoms with Crippen molar-refractivity contribution >= 4 is 5.97 Å². The minimum Gasteiger partial charge on any atom is -0.423 e. The first kappa shape index (κ1) is 18.3. The summed E-state index contributed by atoms with van der Waals surface area (Å²) in [6.45, 7) is 14.9. The van der Waals surface area contributed by atoms with Crippen molar-refractivity contribution in [3.8, 4) is 5.75 Å². The van der Waals surface area contributed by atoms with Gasteiger partial charge in [0, 0.05) is 5.56 Å². The molecule has 0 N–H and O–H groups in total. The predicted octanol–water partition coefficient (Wildman–Crippen LogP) is 5.81. The number of ether oxygens (including phenoxy) is 1. The van der Waals surface area contributed by atoms with E-state index in [1.165, 1.54) is 5.56 Å². The summed E-state index contributed by atoms with van der Waals surface area (Å²) in [4.78, 5) is 12.5. The quantitative estimate of drug-likeness (QED) is 0.515. The summed E-state index contributed by atoms with van der Waals surface area (Å²) >= 11 is 0. The van der Waals surface area contributed by atoms with Crippen LogP contribution in [0, 0.1) is 6.92 Å². The van der Waals surface area contributed by atoms with Crippen LogP contribution in [-0.2, 0) is 10.8 Å². The van der Waals surface area contributed by atoms with E-state index in [2.05, 4.69) is 47.6 Å². The number of rotatable bonds is 2. The Morgan fingerprint density at radius 1 is 0.875 bits per heavy atom. The van der Waals surface area contributed by atoms with Crippen LogP contribution in [0.4, 0.5) is 0 Å². The van der Waals surface area contributed by atoms with Crippen LogP contribution >= 0.6 is 0 Å². The van der Waals surface area contributed by atoms with Crippen LogP contribution < -0.4 is 4.74 Å². The van der Waals surface area contributed by atoms with Crippen LogP contribution in [0.15, 0.2) is 42.5 Å². The van der Waals surface area contributed by atoms with Gasteiger partial charge < -0.3 is 4.74 Å². The van der Waals surface area contributed by atoms with E-state index in [0.717, 1.165) is 11.1 Å². The van der Waals surface area contributed by atoms with Gasteiger partial charge in [-0.1, -0.05) is 71.4 Å². The number of esters is 1. The standard InChI is InChI=1S/C22H28O2/c1-15-9-8-10-16(13-15)20(23)24-19-12-11-17(21(2,3)4)14-18(19)22(5,6)7/h8-14H,1-7H3. The molecule has 0 fully saturated rings. The van der Waals surface area contributed by atoms with Gasteiger partial charge in [0.05, 0.1) is 5.56 Å². The smallest absolute Gasteiger partial charge is 0.343 e. The number of carbonyl (C=O) groups excluding carboxylic acids is 1. The average Bonchev–Trinajstić information content (AvgIpc) is 2.45. The first-order valence-corrected chi connectivity index (χ1v) is 8.42. The van der Waals surface area contributed by atoms with Gasteiger partial charge in [0.15, 0.2) is 0 Å². The topological polar surface area (TPSA) is 26.3 Å². The molecule has 0 unspecified atom stereocenters. The summed E-state index contributed by atoms with van der Waals surface area (Å²) in [5.74, 6) is 0.328. The Balaban J connectivity index is 2.41. The van der Waals surface area contributed by atoms with E-state index in [0.29, 0.717) is 11.3 Å². The maximum Gasteiger partial charge on any atom is 0.343 e. The highest BCUT2D eigenvalue weighted by molar-refractivity contribution is 5.91. The van der Waals surface area contributed by atoms with E-state index < -0.39 is 0 Å². The highest BCUT2D eigenvalue weighted by Crippen LogP contribution is 2.35. The van der Waals surface area contributed by atoms with Crippen molar-refractivity contribution in [1.29, 1.82) is 0 Å². The maximum atomic E-state index is 12.5. The lowest BCUT2D eigenvalue weighted by molar-refractivity contribution is 0.0731. The number of aryl methyl sites for hydroxylation is 1. The van der Waals surface area contributed by atoms with Gasteiger partial charge in [-0.15, -0.1) is 0 Å². The largest absolute Gasteiger partial charge is 0.423 e. The van der Waals surface area contributed by atoms with E-state index >= 15 is 0 Å². The third-order valence-corrected chi connectivity index (χ3v) is 4.11. The van der Waals surface area contributed by atoms with Crippen molar-refractivity contribution in [1.82, 2.24) is 0 Å². The molecule has 2 aromatic rings. The van der Waals surface area contributed by atoms with E-state index in [1.807, 2.05) is 37.3 Å². The van der Waals surface area contributed by atoms with Gasteiger partial charge in [-0.2, -0.15) is 0 Å². The van der Waals surface area contributed by atoms with Gasteiger partial charge in [0.2, 0.25) is 0 Å². The summed E-state index contributed by atoms with van der Waals surface area (Å²) in [7, 11) is 0. The third kappa shape index (κ3) is 4.25. The van der Waals surface area contributed by atoms with Crippen LogP contribution in [0.2, 0.25) is 0 Å². The van der Waals surface area contributed by atoms with Crippen LogP contribution in [0.1, 0.15) is 68.6 Å². The molecule has 0 aromatic heterocycles. The number of hydrogen-bond donors (Lipinski definition) is 0. The zero-order valence-corrected chi connectivity index (χ0v) is 15.9. The lowest BCUT2D eigenvalue weighted by atomic mass is 9.80.